The first kappa shape index (κ1) is 15.0. The second kappa shape index (κ2) is 6.07. The molecule has 1 saturated carbocycles. The smallest absolute Gasteiger partial charge is 0.237 e. The number of halogens is 1. The number of β-amino-alcohol motifs (C(OH)–C–C–N with tert-alkyl or cyclic N) is 1. The van der Waals surface area contributed by atoms with Crippen molar-refractivity contribution in [1.29, 1.82) is 0 Å². The molecule has 0 aromatic heterocycles. The molecular formula is C16H21BrN2O2. The fourth-order valence-corrected chi connectivity index (χ4v) is 3.54. The van der Waals surface area contributed by atoms with E-state index in [0.717, 1.165) is 17.3 Å². The number of amides is 1. The van der Waals surface area contributed by atoms with Gasteiger partial charge in [0.15, 0.2) is 0 Å². The number of hydrogen-bond donors (Lipinski definition) is 3. The minimum absolute atomic E-state index is 0.00920. The van der Waals surface area contributed by atoms with Crippen molar-refractivity contribution in [3.8, 4) is 0 Å². The fourth-order valence-electron chi connectivity index (χ4n) is 3.27. The summed E-state index contributed by atoms with van der Waals surface area (Å²) in [5, 5.41) is 15.6. The van der Waals surface area contributed by atoms with Crippen molar-refractivity contribution in [3.63, 3.8) is 0 Å². The second-order valence-corrected chi connectivity index (χ2v) is 7.12. The summed E-state index contributed by atoms with van der Waals surface area (Å²) in [7, 11) is 0. The molecule has 4 nitrogen and oxygen atoms in total. The quantitative estimate of drug-likeness (QED) is 0.772. The lowest BCUT2D eigenvalue weighted by Crippen LogP contribution is -2.49. The van der Waals surface area contributed by atoms with E-state index >= 15 is 0 Å². The Balaban J connectivity index is 1.62. The number of aliphatic hydroxyl groups is 1. The van der Waals surface area contributed by atoms with E-state index < -0.39 is 6.10 Å². The molecule has 3 N–H and O–H groups in total. The minimum Gasteiger partial charge on any atom is -0.392 e. The largest absolute Gasteiger partial charge is 0.392 e. The molecule has 0 unspecified atom stereocenters. The molecule has 1 saturated heterocycles. The van der Waals surface area contributed by atoms with Crippen LogP contribution in [0.3, 0.4) is 0 Å². The van der Waals surface area contributed by atoms with Crippen LogP contribution in [0.2, 0.25) is 0 Å². The number of benzene rings is 1. The van der Waals surface area contributed by atoms with Crippen LogP contribution < -0.4 is 10.6 Å². The fraction of sp³-hybridized carbons (Fsp3) is 0.562. The molecule has 1 aromatic rings. The van der Waals surface area contributed by atoms with Gasteiger partial charge in [0, 0.05) is 23.0 Å². The van der Waals surface area contributed by atoms with Crippen LogP contribution in [0, 0.1) is 0 Å². The van der Waals surface area contributed by atoms with Crippen molar-refractivity contribution in [2.45, 2.75) is 43.2 Å². The SMILES string of the molecule is O=C(NCC1(c2ccc(Br)cc2)CCC1)[C@@H]1C[C@H](O)CN1. The maximum absolute atomic E-state index is 12.2. The van der Waals surface area contributed by atoms with Crippen LogP contribution in [0.5, 0.6) is 0 Å². The Morgan fingerprint density at radius 1 is 1.38 bits per heavy atom. The highest BCUT2D eigenvalue weighted by Gasteiger charge is 2.39. The van der Waals surface area contributed by atoms with Gasteiger partial charge >= 0.3 is 0 Å². The van der Waals surface area contributed by atoms with Crippen LogP contribution in [0.15, 0.2) is 28.7 Å². The molecule has 1 aromatic carbocycles. The molecular weight excluding hydrogens is 332 g/mol. The van der Waals surface area contributed by atoms with Crippen LogP contribution in [-0.2, 0) is 10.2 Å². The topological polar surface area (TPSA) is 61.4 Å². The van der Waals surface area contributed by atoms with Gasteiger partial charge in [0.2, 0.25) is 5.91 Å². The summed E-state index contributed by atoms with van der Waals surface area (Å²) in [5.41, 5.74) is 1.39. The van der Waals surface area contributed by atoms with Crippen molar-refractivity contribution < 1.29 is 9.90 Å². The van der Waals surface area contributed by atoms with E-state index in [1.165, 1.54) is 12.0 Å². The Bertz CT molecular complexity index is 514. The summed E-state index contributed by atoms with van der Waals surface area (Å²) < 4.78 is 1.08. The lowest BCUT2D eigenvalue weighted by Gasteiger charge is -2.42. The van der Waals surface area contributed by atoms with Crippen molar-refractivity contribution in [1.82, 2.24) is 10.6 Å². The van der Waals surface area contributed by atoms with Gasteiger partial charge in [-0.1, -0.05) is 34.5 Å². The molecule has 0 bridgehead atoms. The Morgan fingerprint density at radius 3 is 2.62 bits per heavy atom. The third-order valence-electron chi connectivity index (χ3n) is 4.79. The maximum Gasteiger partial charge on any atom is 0.237 e. The predicted octanol–water partition coefficient (Wildman–Crippen LogP) is 1.71. The summed E-state index contributed by atoms with van der Waals surface area (Å²) in [6.45, 7) is 1.19. The average Bonchev–Trinajstić information content (AvgIpc) is 2.86. The van der Waals surface area contributed by atoms with Crippen molar-refractivity contribution >= 4 is 21.8 Å². The van der Waals surface area contributed by atoms with Crippen molar-refractivity contribution in [3.05, 3.63) is 34.3 Å². The summed E-state index contributed by atoms with van der Waals surface area (Å²) in [6, 6.07) is 8.17. The molecule has 1 amide bonds. The molecule has 2 fully saturated rings. The Kier molecular flexibility index (Phi) is 4.33. The Labute approximate surface area is 133 Å². The van der Waals surface area contributed by atoms with Gasteiger partial charge in [-0.05, 0) is 37.0 Å². The Hall–Kier alpha value is -0.910. The number of hydrogen-bond acceptors (Lipinski definition) is 3. The zero-order valence-electron chi connectivity index (χ0n) is 11.9. The van der Waals surface area contributed by atoms with E-state index in [0.29, 0.717) is 19.5 Å². The first-order valence-electron chi connectivity index (χ1n) is 7.54. The molecule has 0 radical (unpaired) electrons. The zero-order valence-corrected chi connectivity index (χ0v) is 13.5. The van der Waals surface area contributed by atoms with Gasteiger partial charge in [-0.2, -0.15) is 0 Å². The summed E-state index contributed by atoms with van der Waals surface area (Å²) in [5.74, 6) is 0.00920. The maximum atomic E-state index is 12.2. The molecule has 114 valence electrons. The molecule has 5 heteroatoms. The molecule has 2 atom stereocenters. The van der Waals surface area contributed by atoms with Crippen LogP contribution >= 0.6 is 15.9 Å². The van der Waals surface area contributed by atoms with Crippen LogP contribution in [0.1, 0.15) is 31.2 Å². The van der Waals surface area contributed by atoms with Gasteiger partial charge in [0.25, 0.3) is 0 Å². The Morgan fingerprint density at radius 2 is 2.10 bits per heavy atom. The molecule has 21 heavy (non-hydrogen) atoms. The molecule has 1 heterocycles. The van der Waals surface area contributed by atoms with Gasteiger partial charge < -0.3 is 15.7 Å². The van der Waals surface area contributed by atoms with Gasteiger partial charge in [-0.3, -0.25) is 4.79 Å². The number of carbonyl (C=O) groups excluding carboxylic acids is 1. The van der Waals surface area contributed by atoms with E-state index in [2.05, 4.69) is 50.8 Å². The lowest BCUT2D eigenvalue weighted by atomic mass is 9.64. The first-order chi connectivity index (χ1) is 10.1. The van der Waals surface area contributed by atoms with Crippen LogP contribution in [0.4, 0.5) is 0 Å². The van der Waals surface area contributed by atoms with Crippen LogP contribution in [-0.4, -0.2) is 36.2 Å². The van der Waals surface area contributed by atoms with Gasteiger partial charge in [0.05, 0.1) is 12.1 Å². The van der Waals surface area contributed by atoms with Crippen molar-refractivity contribution in [2.75, 3.05) is 13.1 Å². The van der Waals surface area contributed by atoms with Gasteiger partial charge in [-0.25, -0.2) is 0 Å². The van der Waals surface area contributed by atoms with Crippen molar-refractivity contribution in [2.24, 2.45) is 0 Å². The number of nitrogens with one attached hydrogen (secondary N) is 2. The van der Waals surface area contributed by atoms with Crippen LogP contribution in [0.25, 0.3) is 0 Å². The predicted molar refractivity (Wildman–Crippen MR) is 85.1 cm³/mol. The standard InChI is InChI=1S/C16H21BrN2O2/c17-12-4-2-11(3-5-12)16(6-1-7-16)10-19-15(21)14-8-13(20)9-18-14/h2-5,13-14,18,20H,1,6-10H2,(H,19,21)/t13-,14-/m0/s1. The zero-order chi connectivity index (χ0) is 14.9. The van der Waals surface area contributed by atoms with Gasteiger partial charge in [0.1, 0.15) is 0 Å². The number of carbonyl (C=O) groups is 1. The van der Waals surface area contributed by atoms with E-state index in [4.69, 9.17) is 0 Å². The third kappa shape index (κ3) is 3.15. The molecule has 2 aliphatic rings. The summed E-state index contributed by atoms with van der Waals surface area (Å²) in [4.78, 5) is 12.2. The summed E-state index contributed by atoms with van der Waals surface area (Å²) in [6.07, 6.45) is 3.57. The van der Waals surface area contributed by atoms with Gasteiger partial charge in [-0.15, -0.1) is 0 Å². The number of rotatable bonds is 4. The highest BCUT2D eigenvalue weighted by molar-refractivity contribution is 9.10. The normalized spacial score (nSPS) is 27.1. The van der Waals surface area contributed by atoms with E-state index in [-0.39, 0.29) is 17.4 Å². The molecule has 1 aliphatic heterocycles. The average molecular weight is 353 g/mol. The molecule has 3 rings (SSSR count). The van der Waals surface area contributed by atoms with E-state index in [1.54, 1.807) is 0 Å². The number of aliphatic hydroxyl groups excluding tert-OH is 1. The molecule has 0 spiro atoms. The highest BCUT2D eigenvalue weighted by Crippen LogP contribution is 2.43. The van der Waals surface area contributed by atoms with E-state index in [9.17, 15) is 9.90 Å². The monoisotopic (exact) mass is 352 g/mol. The molecule has 1 aliphatic carbocycles. The highest BCUT2D eigenvalue weighted by atomic mass is 79.9. The third-order valence-corrected chi connectivity index (χ3v) is 5.32. The van der Waals surface area contributed by atoms with E-state index in [1.807, 2.05) is 0 Å². The first-order valence-corrected chi connectivity index (χ1v) is 8.34. The second-order valence-electron chi connectivity index (χ2n) is 6.21. The minimum atomic E-state index is -0.398. The lowest BCUT2D eigenvalue weighted by molar-refractivity contribution is -0.123. The summed E-state index contributed by atoms with van der Waals surface area (Å²) >= 11 is 3.46.